The van der Waals surface area contributed by atoms with E-state index < -0.39 is 22.1 Å². The van der Waals surface area contributed by atoms with Gasteiger partial charge in [0.05, 0.1) is 22.0 Å². The molecule has 2 heterocycles. The van der Waals surface area contributed by atoms with Gasteiger partial charge >= 0.3 is 16.2 Å². The first-order valence-electron chi connectivity index (χ1n) is 13.6. The quantitative estimate of drug-likeness (QED) is 0.193. The maximum absolute atomic E-state index is 12.3. The summed E-state index contributed by atoms with van der Waals surface area (Å²) in [4.78, 5) is 27.8. The maximum atomic E-state index is 12.3. The molecule has 5 aromatic rings. The Labute approximate surface area is 269 Å². The highest BCUT2D eigenvalue weighted by molar-refractivity contribution is 7.92. The average molecular weight is 660 g/mol. The van der Waals surface area contributed by atoms with Gasteiger partial charge in [-0.2, -0.15) is 8.42 Å². The van der Waals surface area contributed by atoms with Crippen molar-refractivity contribution >= 4 is 63.1 Å². The first-order chi connectivity index (χ1) is 21.6. The van der Waals surface area contributed by atoms with Crippen LogP contribution in [0.2, 0.25) is 10.0 Å². The molecular formula is C33H24Cl2N4O5S. The second kappa shape index (κ2) is 12.2. The Kier molecular flexibility index (Phi) is 8.20. The number of rotatable bonds is 8. The number of nitrogens with zero attached hydrogens (tertiary/aromatic N) is 3. The van der Waals surface area contributed by atoms with E-state index in [4.69, 9.17) is 28.2 Å². The van der Waals surface area contributed by atoms with Crippen molar-refractivity contribution in [2.45, 2.75) is 6.54 Å². The summed E-state index contributed by atoms with van der Waals surface area (Å²) in [7, 11) is -3.90. The van der Waals surface area contributed by atoms with Crippen LogP contribution in [0.25, 0.3) is 34.5 Å². The van der Waals surface area contributed by atoms with Crippen LogP contribution in [0.5, 0.6) is 0 Å². The fraction of sp³-hybridized carbons (Fsp3) is 0.0606. The van der Waals surface area contributed by atoms with Gasteiger partial charge in [0.2, 0.25) is 0 Å². The van der Waals surface area contributed by atoms with Crippen molar-refractivity contribution in [3.05, 3.63) is 130 Å². The van der Waals surface area contributed by atoms with Crippen LogP contribution in [0.4, 0.5) is 5.69 Å². The van der Waals surface area contributed by atoms with Gasteiger partial charge in [0.25, 0.3) is 5.91 Å². The van der Waals surface area contributed by atoms with Crippen LogP contribution in [0.3, 0.4) is 0 Å². The molecule has 0 saturated carbocycles. The molecule has 0 radical (unpaired) electrons. The van der Waals surface area contributed by atoms with Gasteiger partial charge in [0.15, 0.2) is 0 Å². The zero-order valence-corrected chi connectivity index (χ0v) is 25.7. The smallest absolute Gasteiger partial charge is 0.335 e. The van der Waals surface area contributed by atoms with Crippen molar-refractivity contribution in [1.29, 1.82) is 0 Å². The van der Waals surface area contributed by atoms with Crippen molar-refractivity contribution in [2.75, 3.05) is 10.8 Å². The number of carbonyl (C=O) groups is 2. The molecule has 0 unspecified atom stereocenters. The number of aromatic carboxylic acids is 1. The van der Waals surface area contributed by atoms with Gasteiger partial charge in [0.1, 0.15) is 12.4 Å². The van der Waals surface area contributed by atoms with Gasteiger partial charge in [-0.3, -0.25) is 4.79 Å². The molecule has 45 heavy (non-hydrogen) atoms. The van der Waals surface area contributed by atoms with Crippen molar-refractivity contribution in [3.63, 3.8) is 0 Å². The molecule has 1 aliphatic heterocycles. The monoisotopic (exact) mass is 658 g/mol. The molecular weight excluding hydrogens is 635 g/mol. The van der Waals surface area contributed by atoms with E-state index in [2.05, 4.69) is 0 Å². The second-order valence-electron chi connectivity index (χ2n) is 10.3. The van der Waals surface area contributed by atoms with Crippen LogP contribution in [0.1, 0.15) is 27.3 Å². The number of amides is 1. The fourth-order valence-corrected chi connectivity index (χ4v) is 6.59. The Bertz CT molecular complexity index is 2080. The molecule has 9 nitrogen and oxygen atoms in total. The predicted octanol–water partition coefficient (Wildman–Crippen LogP) is 6.62. The summed E-state index contributed by atoms with van der Waals surface area (Å²) in [5.41, 5.74) is 5.46. The summed E-state index contributed by atoms with van der Waals surface area (Å²) in [5, 5.41) is 10.2. The molecule has 1 amide bonds. The van der Waals surface area contributed by atoms with Crippen molar-refractivity contribution in [2.24, 2.45) is 0 Å². The molecule has 0 atom stereocenters. The number of hydrogen-bond donors (Lipinski definition) is 2. The highest BCUT2D eigenvalue weighted by Crippen LogP contribution is 2.31. The number of aromatic nitrogens is 2. The molecule has 1 aliphatic rings. The van der Waals surface area contributed by atoms with Crippen molar-refractivity contribution in [1.82, 2.24) is 14.3 Å². The van der Waals surface area contributed by atoms with E-state index in [0.717, 1.165) is 32.1 Å². The van der Waals surface area contributed by atoms with Gasteiger partial charge < -0.3 is 9.67 Å². The number of anilines is 1. The van der Waals surface area contributed by atoms with E-state index in [1.165, 1.54) is 0 Å². The Balaban J connectivity index is 1.27. The average Bonchev–Trinajstić information content (AvgIpc) is 3.54. The van der Waals surface area contributed by atoms with Gasteiger partial charge in [0, 0.05) is 23.3 Å². The number of benzene rings is 4. The molecule has 226 valence electrons. The predicted molar refractivity (Wildman–Crippen MR) is 175 cm³/mol. The van der Waals surface area contributed by atoms with E-state index in [1.54, 1.807) is 54.6 Å². The third-order valence-corrected chi connectivity index (χ3v) is 9.15. The third kappa shape index (κ3) is 6.63. The highest BCUT2D eigenvalue weighted by Gasteiger charge is 2.34. The van der Waals surface area contributed by atoms with Crippen LogP contribution < -0.4 is 9.03 Å². The Morgan fingerprint density at radius 2 is 1.69 bits per heavy atom. The lowest BCUT2D eigenvalue weighted by molar-refractivity contribution is -0.117. The molecule has 12 heteroatoms. The summed E-state index contributed by atoms with van der Waals surface area (Å²) < 4.78 is 29.5. The largest absolute Gasteiger partial charge is 0.478 e. The molecule has 0 spiro atoms. The van der Waals surface area contributed by atoms with E-state index in [9.17, 15) is 23.1 Å². The third-order valence-electron chi connectivity index (χ3n) is 7.19. The lowest BCUT2D eigenvalue weighted by atomic mass is 10.0. The summed E-state index contributed by atoms with van der Waals surface area (Å²) >= 11 is 12.6. The van der Waals surface area contributed by atoms with Crippen LogP contribution in [0, 0.1) is 0 Å². The zero-order chi connectivity index (χ0) is 31.7. The molecule has 1 fully saturated rings. The van der Waals surface area contributed by atoms with Crippen LogP contribution in [-0.4, -0.2) is 41.5 Å². The number of carboxylic acids is 1. The second-order valence-corrected chi connectivity index (χ2v) is 12.7. The Morgan fingerprint density at radius 1 is 0.933 bits per heavy atom. The number of carbonyl (C=O) groups excluding carboxylic acids is 1. The standard InChI is InChI=1S/C33H24Cl2N4O5S/c34-26-13-14-28(29(35)17-26)30-19-38(18-22-6-11-24(12-7-22)33(41)42)31(36-30)15-8-21-4-9-23(10-5-21)25-2-1-3-27(16-25)39-20-32(40)37-45(39,43)44/h1-17,19H,18,20H2,(H,37,40)(H,41,42). The van der Waals surface area contributed by atoms with Gasteiger partial charge in [-0.05, 0) is 70.8 Å². The molecule has 0 bridgehead atoms. The number of halogens is 2. The summed E-state index contributed by atoms with van der Waals surface area (Å²) in [6.45, 7) is 0.186. The summed E-state index contributed by atoms with van der Waals surface area (Å²) in [5.74, 6) is -0.902. The molecule has 1 saturated heterocycles. The van der Waals surface area contributed by atoms with Gasteiger partial charge in [-0.15, -0.1) is 0 Å². The van der Waals surface area contributed by atoms with Crippen LogP contribution in [0.15, 0.2) is 97.2 Å². The van der Waals surface area contributed by atoms with E-state index in [-0.39, 0.29) is 12.1 Å². The van der Waals surface area contributed by atoms with E-state index >= 15 is 0 Å². The lowest BCUT2D eigenvalue weighted by Gasteiger charge is -2.15. The molecule has 6 rings (SSSR count). The molecule has 4 aromatic carbocycles. The zero-order valence-electron chi connectivity index (χ0n) is 23.4. The number of carboxylic acid groups (broad SMARTS) is 1. The van der Waals surface area contributed by atoms with Gasteiger partial charge in [-0.25, -0.2) is 18.8 Å². The Hall–Kier alpha value is -4.90. The topological polar surface area (TPSA) is 122 Å². The summed E-state index contributed by atoms with van der Waals surface area (Å²) in [6, 6.07) is 26.6. The number of hydrogen-bond acceptors (Lipinski definition) is 5. The van der Waals surface area contributed by atoms with Crippen molar-refractivity contribution < 1.29 is 23.1 Å². The van der Waals surface area contributed by atoms with E-state index in [1.807, 2.05) is 64.0 Å². The SMILES string of the molecule is O=C1CN(c2cccc(-c3ccc(C=Cc4nc(-c5ccc(Cl)cc5Cl)cn4Cc4ccc(C(=O)O)cc4)cc3)c2)S(=O)(=O)N1. The molecule has 1 aromatic heterocycles. The van der Waals surface area contributed by atoms with Crippen LogP contribution >= 0.6 is 23.2 Å². The minimum absolute atomic E-state index is 0.210. The molecule has 2 N–H and O–H groups in total. The number of nitrogens with one attached hydrogen (secondary N) is 1. The fourth-order valence-electron chi connectivity index (χ4n) is 4.94. The first-order valence-corrected chi connectivity index (χ1v) is 15.8. The summed E-state index contributed by atoms with van der Waals surface area (Å²) in [6.07, 6.45) is 5.70. The van der Waals surface area contributed by atoms with Crippen LogP contribution in [-0.2, 0) is 21.5 Å². The highest BCUT2D eigenvalue weighted by atomic mass is 35.5. The normalized spacial score (nSPS) is 14.2. The maximum Gasteiger partial charge on any atom is 0.335 e. The lowest BCUT2D eigenvalue weighted by Crippen LogP contribution is -2.29. The Morgan fingerprint density at radius 3 is 2.36 bits per heavy atom. The van der Waals surface area contributed by atoms with Crippen molar-refractivity contribution in [3.8, 4) is 22.4 Å². The molecule has 0 aliphatic carbocycles. The minimum atomic E-state index is -3.90. The van der Waals surface area contributed by atoms with E-state index in [0.29, 0.717) is 33.8 Å². The minimum Gasteiger partial charge on any atom is -0.478 e. The first kappa shape index (κ1) is 30.1. The van der Waals surface area contributed by atoms with Gasteiger partial charge in [-0.1, -0.05) is 77.8 Å². The number of imidazole rings is 1.